The molecule has 1 N–H and O–H groups in total. The van der Waals surface area contributed by atoms with E-state index in [-0.39, 0.29) is 4.90 Å². The second-order valence-electron chi connectivity index (χ2n) is 6.44. The molecule has 0 aromatic heterocycles. The van der Waals surface area contributed by atoms with Crippen LogP contribution in [-0.2, 0) is 10.0 Å². The molecule has 0 saturated heterocycles. The van der Waals surface area contributed by atoms with Crippen molar-refractivity contribution in [3.05, 3.63) is 42.5 Å². The fraction of sp³-hybridized carbons (Fsp3) is 0.400. The predicted octanol–water partition coefficient (Wildman–Crippen LogP) is 3.89. The van der Waals surface area contributed by atoms with E-state index in [2.05, 4.69) is 23.5 Å². The second-order valence-corrected chi connectivity index (χ2v) is 8.13. The molecular weight excluding hydrogens is 364 g/mol. The minimum atomic E-state index is -3.70. The Bertz CT molecular complexity index is 860. The molecule has 6 nitrogen and oxygen atoms in total. The number of benzene rings is 2. The van der Waals surface area contributed by atoms with Crippen LogP contribution in [0.15, 0.2) is 47.4 Å². The van der Waals surface area contributed by atoms with E-state index < -0.39 is 10.0 Å². The standard InChI is InChI=1S/C20H26N2O4S/c1-3-11-22(12-4-2)17-7-5-16(6-8-17)21-27(23,24)18-9-10-19-20(15-18)26-14-13-25-19/h5-10,15,21H,3-4,11-14H2,1-2H3. The maximum Gasteiger partial charge on any atom is 0.262 e. The molecule has 1 aliphatic heterocycles. The van der Waals surface area contributed by atoms with Crippen molar-refractivity contribution in [2.75, 3.05) is 35.9 Å². The minimum absolute atomic E-state index is 0.148. The van der Waals surface area contributed by atoms with Crippen LogP contribution < -0.4 is 19.1 Å². The van der Waals surface area contributed by atoms with Crippen LogP contribution >= 0.6 is 0 Å². The summed E-state index contributed by atoms with van der Waals surface area (Å²) in [4.78, 5) is 2.45. The number of anilines is 2. The van der Waals surface area contributed by atoms with Crippen LogP contribution in [0.25, 0.3) is 0 Å². The lowest BCUT2D eigenvalue weighted by atomic mass is 10.2. The van der Waals surface area contributed by atoms with E-state index >= 15 is 0 Å². The Kier molecular flexibility index (Phi) is 6.11. The van der Waals surface area contributed by atoms with Gasteiger partial charge in [-0.15, -0.1) is 0 Å². The molecule has 0 fully saturated rings. The topological polar surface area (TPSA) is 67.9 Å². The van der Waals surface area contributed by atoms with Crippen molar-refractivity contribution < 1.29 is 17.9 Å². The van der Waals surface area contributed by atoms with Gasteiger partial charge in [-0.2, -0.15) is 0 Å². The molecule has 0 spiro atoms. The van der Waals surface area contributed by atoms with Crippen LogP contribution in [0.5, 0.6) is 11.5 Å². The van der Waals surface area contributed by atoms with Gasteiger partial charge in [0.15, 0.2) is 11.5 Å². The zero-order chi connectivity index (χ0) is 19.3. The van der Waals surface area contributed by atoms with Gasteiger partial charge < -0.3 is 14.4 Å². The first-order valence-corrected chi connectivity index (χ1v) is 10.8. The number of fused-ring (bicyclic) bond motifs is 1. The average molecular weight is 391 g/mol. The van der Waals surface area contributed by atoms with Crippen LogP contribution in [0.2, 0.25) is 0 Å². The summed E-state index contributed by atoms with van der Waals surface area (Å²) in [5.74, 6) is 1.02. The van der Waals surface area contributed by atoms with Crippen molar-refractivity contribution >= 4 is 21.4 Å². The summed E-state index contributed by atoms with van der Waals surface area (Å²) < 4.78 is 38.9. The van der Waals surface area contributed by atoms with E-state index in [0.717, 1.165) is 31.6 Å². The summed E-state index contributed by atoms with van der Waals surface area (Å²) >= 11 is 0. The highest BCUT2D eigenvalue weighted by Gasteiger charge is 2.19. The van der Waals surface area contributed by atoms with Crippen molar-refractivity contribution in [2.45, 2.75) is 31.6 Å². The first-order chi connectivity index (χ1) is 13.0. The van der Waals surface area contributed by atoms with Crippen LogP contribution in [0.4, 0.5) is 11.4 Å². The molecule has 0 aliphatic carbocycles. The highest BCUT2D eigenvalue weighted by molar-refractivity contribution is 7.92. The smallest absolute Gasteiger partial charge is 0.262 e. The Morgan fingerprint density at radius 2 is 1.56 bits per heavy atom. The lowest BCUT2D eigenvalue weighted by Gasteiger charge is -2.24. The zero-order valence-corrected chi connectivity index (χ0v) is 16.6. The highest BCUT2D eigenvalue weighted by atomic mass is 32.2. The SMILES string of the molecule is CCCN(CCC)c1ccc(NS(=O)(=O)c2ccc3c(c2)OCCO3)cc1. The van der Waals surface area contributed by atoms with Gasteiger partial charge in [-0.05, 0) is 49.2 Å². The molecule has 3 rings (SSSR count). The maximum absolute atomic E-state index is 12.7. The molecule has 1 aliphatic rings. The number of hydrogen-bond acceptors (Lipinski definition) is 5. The number of nitrogens with zero attached hydrogens (tertiary/aromatic N) is 1. The van der Waals surface area contributed by atoms with E-state index in [1.54, 1.807) is 18.2 Å². The van der Waals surface area contributed by atoms with Crippen LogP contribution in [-0.4, -0.2) is 34.7 Å². The third kappa shape index (κ3) is 4.66. The molecule has 0 radical (unpaired) electrons. The molecule has 146 valence electrons. The molecule has 7 heteroatoms. The van der Waals surface area contributed by atoms with E-state index in [0.29, 0.717) is 30.4 Å². The zero-order valence-electron chi connectivity index (χ0n) is 15.8. The maximum atomic E-state index is 12.7. The van der Waals surface area contributed by atoms with Gasteiger partial charge in [0.05, 0.1) is 4.90 Å². The van der Waals surface area contributed by atoms with E-state index in [1.807, 2.05) is 12.1 Å². The number of rotatable bonds is 8. The lowest BCUT2D eigenvalue weighted by Crippen LogP contribution is -2.24. The molecule has 0 atom stereocenters. The number of nitrogens with one attached hydrogen (secondary N) is 1. The van der Waals surface area contributed by atoms with Crippen molar-refractivity contribution in [2.24, 2.45) is 0 Å². The van der Waals surface area contributed by atoms with Crippen molar-refractivity contribution in [3.8, 4) is 11.5 Å². The van der Waals surface area contributed by atoms with Crippen LogP contribution in [0.1, 0.15) is 26.7 Å². The molecule has 0 unspecified atom stereocenters. The van der Waals surface area contributed by atoms with Gasteiger partial charge in [-0.25, -0.2) is 8.42 Å². The minimum Gasteiger partial charge on any atom is -0.486 e. The Balaban J connectivity index is 1.76. The van der Waals surface area contributed by atoms with E-state index in [1.165, 1.54) is 12.1 Å². The Labute approximate surface area is 161 Å². The molecular formula is C20H26N2O4S. The lowest BCUT2D eigenvalue weighted by molar-refractivity contribution is 0.171. The molecule has 27 heavy (non-hydrogen) atoms. The summed E-state index contributed by atoms with van der Waals surface area (Å²) in [6, 6.07) is 12.1. The van der Waals surface area contributed by atoms with Crippen molar-refractivity contribution in [1.82, 2.24) is 0 Å². The molecule has 0 amide bonds. The highest BCUT2D eigenvalue weighted by Crippen LogP contribution is 2.32. The monoisotopic (exact) mass is 390 g/mol. The van der Waals surface area contributed by atoms with Gasteiger partial charge in [0.25, 0.3) is 10.0 Å². The predicted molar refractivity (Wildman–Crippen MR) is 107 cm³/mol. The Hall–Kier alpha value is -2.41. The quantitative estimate of drug-likeness (QED) is 0.741. The molecule has 0 saturated carbocycles. The largest absolute Gasteiger partial charge is 0.486 e. The van der Waals surface area contributed by atoms with Gasteiger partial charge in [-0.3, -0.25) is 4.72 Å². The van der Waals surface area contributed by atoms with Crippen LogP contribution in [0.3, 0.4) is 0 Å². The molecule has 1 heterocycles. The van der Waals surface area contributed by atoms with Gasteiger partial charge in [0.1, 0.15) is 13.2 Å². The van der Waals surface area contributed by atoms with Gasteiger partial charge in [0, 0.05) is 30.5 Å². The molecule has 0 bridgehead atoms. The first-order valence-electron chi connectivity index (χ1n) is 9.31. The summed E-state index contributed by atoms with van der Waals surface area (Å²) in [7, 11) is -3.70. The number of sulfonamides is 1. The van der Waals surface area contributed by atoms with E-state index in [9.17, 15) is 8.42 Å². The third-order valence-electron chi connectivity index (χ3n) is 4.30. The Morgan fingerprint density at radius 1 is 0.926 bits per heavy atom. The third-order valence-corrected chi connectivity index (χ3v) is 5.67. The number of hydrogen-bond donors (Lipinski definition) is 1. The fourth-order valence-electron chi connectivity index (χ4n) is 3.06. The normalized spacial score (nSPS) is 13.3. The summed E-state index contributed by atoms with van der Waals surface area (Å²) in [5.41, 5.74) is 1.63. The molecule has 2 aromatic carbocycles. The van der Waals surface area contributed by atoms with E-state index in [4.69, 9.17) is 9.47 Å². The van der Waals surface area contributed by atoms with Crippen LogP contribution in [0, 0.1) is 0 Å². The van der Waals surface area contributed by atoms with Gasteiger partial charge in [0.2, 0.25) is 0 Å². The summed E-state index contributed by atoms with van der Waals surface area (Å²) in [6.45, 7) is 7.15. The average Bonchev–Trinajstić information content (AvgIpc) is 2.68. The first kappa shape index (κ1) is 19.4. The summed E-state index contributed by atoms with van der Waals surface area (Å²) in [5, 5.41) is 0. The van der Waals surface area contributed by atoms with Crippen molar-refractivity contribution in [3.63, 3.8) is 0 Å². The fourth-order valence-corrected chi connectivity index (χ4v) is 4.13. The Morgan fingerprint density at radius 3 is 2.19 bits per heavy atom. The van der Waals surface area contributed by atoms with Gasteiger partial charge in [-0.1, -0.05) is 13.8 Å². The van der Waals surface area contributed by atoms with Crippen molar-refractivity contribution in [1.29, 1.82) is 0 Å². The van der Waals surface area contributed by atoms with Gasteiger partial charge >= 0.3 is 0 Å². The number of ether oxygens (including phenoxy) is 2. The second kappa shape index (κ2) is 8.52. The molecule has 2 aromatic rings. The summed E-state index contributed by atoms with van der Waals surface area (Å²) in [6.07, 6.45) is 2.14.